The molecule has 0 spiro atoms. The lowest BCUT2D eigenvalue weighted by Crippen LogP contribution is -2.32. The Labute approximate surface area is 120 Å². The highest BCUT2D eigenvalue weighted by Gasteiger charge is 2.31. The first-order valence-corrected chi connectivity index (χ1v) is 6.31. The third-order valence-electron chi connectivity index (χ3n) is 3.46. The SMILES string of the molecule is N#CC(N)C1Oc2ccccc2-c2ccc([N+](=O)[O-])cc21. The number of hydrogen-bond acceptors (Lipinski definition) is 5. The van der Waals surface area contributed by atoms with Crippen LogP contribution in [0.3, 0.4) is 0 Å². The predicted octanol–water partition coefficient (Wildman–Crippen LogP) is 2.55. The van der Waals surface area contributed by atoms with Crippen molar-refractivity contribution in [3.63, 3.8) is 0 Å². The average Bonchev–Trinajstić information content (AvgIpc) is 2.52. The van der Waals surface area contributed by atoms with Gasteiger partial charge in [0.2, 0.25) is 0 Å². The molecule has 1 heterocycles. The Hall–Kier alpha value is -2.91. The fraction of sp³-hybridized carbons (Fsp3) is 0.133. The summed E-state index contributed by atoms with van der Waals surface area (Å²) in [5, 5.41) is 20.0. The number of nitriles is 1. The highest BCUT2D eigenvalue weighted by Crippen LogP contribution is 2.44. The molecular formula is C15H11N3O3. The smallest absolute Gasteiger partial charge is 0.269 e. The van der Waals surface area contributed by atoms with Crippen LogP contribution in [-0.2, 0) is 0 Å². The highest BCUT2D eigenvalue weighted by atomic mass is 16.6. The van der Waals surface area contributed by atoms with E-state index in [1.165, 1.54) is 12.1 Å². The van der Waals surface area contributed by atoms with Crippen molar-refractivity contribution in [2.45, 2.75) is 12.1 Å². The van der Waals surface area contributed by atoms with E-state index in [9.17, 15) is 10.1 Å². The van der Waals surface area contributed by atoms with Crippen LogP contribution < -0.4 is 10.5 Å². The summed E-state index contributed by atoms with van der Waals surface area (Å²) in [6.45, 7) is 0. The molecule has 0 fully saturated rings. The Morgan fingerprint density at radius 1 is 1.29 bits per heavy atom. The molecule has 6 heteroatoms. The summed E-state index contributed by atoms with van der Waals surface area (Å²) in [6.07, 6.45) is -0.722. The molecule has 0 aliphatic carbocycles. The van der Waals surface area contributed by atoms with Crippen molar-refractivity contribution in [1.82, 2.24) is 0 Å². The summed E-state index contributed by atoms with van der Waals surface area (Å²) in [6, 6.07) is 12.9. The lowest BCUT2D eigenvalue weighted by molar-refractivity contribution is -0.385. The second-order valence-electron chi connectivity index (χ2n) is 4.72. The molecule has 0 bridgehead atoms. The van der Waals surface area contributed by atoms with E-state index < -0.39 is 17.1 Å². The minimum Gasteiger partial charge on any atom is -0.482 e. The van der Waals surface area contributed by atoms with Crippen molar-refractivity contribution in [1.29, 1.82) is 5.26 Å². The number of nitrogens with zero attached hydrogens (tertiary/aromatic N) is 2. The van der Waals surface area contributed by atoms with Crippen LogP contribution in [0.1, 0.15) is 11.7 Å². The van der Waals surface area contributed by atoms with Crippen LogP contribution in [-0.4, -0.2) is 11.0 Å². The lowest BCUT2D eigenvalue weighted by Gasteiger charge is -2.29. The van der Waals surface area contributed by atoms with Crippen molar-refractivity contribution < 1.29 is 9.66 Å². The minimum atomic E-state index is -0.904. The van der Waals surface area contributed by atoms with Crippen molar-refractivity contribution >= 4 is 5.69 Å². The number of nitro groups is 1. The van der Waals surface area contributed by atoms with Gasteiger partial charge in [0.25, 0.3) is 5.69 Å². The monoisotopic (exact) mass is 281 g/mol. The van der Waals surface area contributed by atoms with Crippen molar-refractivity contribution in [3.8, 4) is 22.9 Å². The number of benzene rings is 2. The molecule has 3 rings (SSSR count). The van der Waals surface area contributed by atoms with Crippen molar-refractivity contribution in [2.75, 3.05) is 0 Å². The van der Waals surface area contributed by atoms with Crippen LogP contribution in [0.15, 0.2) is 42.5 Å². The van der Waals surface area contributed by atoms with E-state index >= 15 is 0 Å². The molecular weight excluding hydrogens is 270 g/mol. The molecule has 0 saturated carbocycles. The first-order valence-electron chi connectivity index (χ1n) is 6.31. The zero-order valence-electron chi connectivity index (χ0n) is 10.9. The number of hydrogen-bond donors (Lipinski definition) is 1. The minimum absolute atomic E-state index is 0.0492. The molecule has 0 radical (unpaired) electrons. The van der Waals surface area contributed by atoms with Crippen molar-refractivity contribution in [3.05, 3.63) is 58.1 Å². The predicted molar refractivity (Wildman–Crippen MR) is 75.5 cm³/mol. The van der Waals surface area contributed by atoms with Gasteiger partial charge in [-0.25, -0.2) is 0 Å². The maximum absolute atomic E-state index is 10.9. The second kappa shape index (κ2) is 4.89. The summed E-state index contributed by atoms with van der Waals surface area (Å²) < 4.78 is 5.78. The number of nitrogens with two attached hydrogens (primary N) is 1. The summed E-state index contributed by atoms with van der Waals surface area (Å²) in [5.74, 6) is 0.620. The number of nitro benzene ring substituents is 1. The van der Waals surface area contributed by atoms with Gasteiger partial charge >= 0.3 is 0 Å². The van der Waals surface area contributed by atoms with Gasteiger partial charge in [-0.2, -0.15) is 5.26 Å². The van der Waals surface area contributed by atoms with Gasteiger partial charge in [0.1, 0.15) is 11.8 Å². The van der Waals surface area contributed by atoms with Crippen LogP contribution in [0.4, 0.5) is 5.69 Å². The van der Waals surface area contributed by atoms with E-state index in [0.29, 0.717) is 11.3 Å². The third-order valence-corrected chi connectivity index (χ3v) is 3.46. The van der Waals surface area contributed by atoms with Gasteiger partial charge in [0, 0.05) is 23.3 Å². The van der Waals surface area contributed by atoms with E-state index in [2.05, 4.69) is 0 Å². The molecule has 21 heavy (non-hydrogen) atoms. The highest BCUT2D eigenvalue weighted by molar-refractivity contribution is 5.77. The molecule has 2 unspecified atom stereocenters. The van der Waals surface area contributed by atoms with Crippen LogP contribution in [0, 0.1) is 21.4 Å². The number of fused-ring (bicyclic) bond motifs is 3. The Kier molecular flexibility index (Phi) is 3.05. The summed E-state index contributed by atoms with van der Waals surface area (Å²) in [5.41, 5.74) is 7.95. The summed E-state index contributed by atoms with van der Waals surface area (Å²) in [4.78, 5) is 10.5. The number of ether oxygens (including phenoxy) is 1. The van der Waals surface area contributed by atoms with E-state index in [1.54, 1.807) is 12.1 Å². The topological polar surface area (TPSA) is 102 Å². The van der Waals surface area contributed by atoms with Gasteiger partial charge in [-0.1, -0.05) is 18.2 Å². The maximum Gasteiger partial charge on any atom is 0.269 e. The molecule has 0 amide bonds. The van der Waals surface area contributed by atoms with Crippen LogP contribution in [0.5, 0.6) is 5.75 Å². The Balaban J connectivity index is 2.23. The summed E-state index contributed by atoms with van der Waals surface area (Å²) in [7, 11) is 0. The van der Waals surface area contributed by atoms with E-state index in [0.717, 1.165) is 11.1 Å². The largest absolute Gasteiger partial charge is 0.482 e. The zero-order chi connectivity index (χ0) is 15.0. The molecule has 1 aliphatic rings. The zero-order valence-corrected chi connectivity index (χ0v) is 10.9. The summed E-state index contributed by atoms with van der Waals surface area (Å²) >= 11 is 0. The molecule has 2 atom stereocenters. The first-order chi connectivity index (χ1) is 10.1. The normalized spacial score (nSPS) is 16.9. The second-order valence-corrected chi connectivity index (χ2v) is 4.72. The van der Waals surface area contributed by atoms with Crippen molar-refractivity contribution in [2.24, 2.45) is 5.73 Å². The third kappa shape index (κ3) is 2.10. The van der Waals surface area contributed by atoms with Crippen LogP contribution in [0.25, 0.3) is 11.1 Å². The fourth-order valence-corrected chi connectivity index (χ4v) is 2.47. The molecule has 0 aromatic heterocycles. The van der Waals surface area contributed by atoms with Gasteiger partial charge in [0.05, 0.1) is 11.0 Å². The lowest BCUT2D eigenvalue weighted by atomic mass is 9.90. The Morgan fingerprint density at radius 2 is 2.05 bits per heavy atom. The Morgan fingerprint density at radius 3 is 2.76 bits per heavy atom. The van der Waals surface area contributed by atoms with Gasteiger partial charge in [-0.3, -0.25) is 10.1 Å². The molecule has 0 saturated heterocycles. The molecule has 2 N–H and O–H groups in total. The number of non-ortho nitro benzene ring substituents is 1. The van der Waals surface area contributed by atoms with Gasteiger partial charge in [-0.15, -0.1) is 0 Å². The Bertz CT molecular complexity index is 767. The molecule has 6 nitrogen and oxygen atoms in total. The standard InChI is InChI=1S/C15H11N3O3/c16-8-13(17)15-12-7-9(18(19)20)5-6-10(12)11-3-1-2-4-14(11)21-15/h1-7,13,15H,17H2. The number of para-hydroxylation sites is 1. The molecule has 2 aromatic carbocycles. The van der Waals surface area contributed by atoms with E-state index in [-0.39, 0.29) is 5.69 Å². The van der Waals surface area contributed by atoms with E-state index in [1.807, 2.05) is 24.3 Å². The molecule has 104 valence electrons. The van der Waals surface area contributed by atoms with Gasteiger partial charge in [0.15, 0.2) is 6.10 Å². The molecule has 1 aliphatic heterocycles. The van der Waals surface area contributed by atoms with Crippen LogP contribution in [0.2, 0.25) is 0 Å². The quantitative estimate of drug-likeness (QED) is 0.673. The van der Waals surface area contributed by atoms with E-state index in [4.69, 9.17) is 15.7 Å². The first kappa shape index (κ1) is 13.1. The average molecular weight is 281 g/mol. The number of rotatable bonds is 2. The van der Waals surface area contributed by atoms with Gasteiger partial charge in [-0.05, 0) is 17.7 Å². The van der Waals surface area contributed by atoms with Gasteiger partial charge < -0.3 is 10.5 Å². The maximum atomic E-state index is 10.9. The molecule has 2 aromatic rings. The van der Waals surface area contributed by atoms with Crippen LogP contribution >= 0.6 is 0 Å². The fourth-order valence-electron chi connectivity index (χ4n) is 2.47.